The lowest BCUT2D eigenvalue weighted by molar-refractivity contribution is 0.103. The van der Waals surface area contributed by atoms with Crippen LogP contribution in [-0.4, -0.2) is 22.3 Å². The summed E-state index contributed by atoms with van der Waals surface area (Å²) in [7, 11) is 0. The molecule has 20 heavy (non-hydrogen) atoms. The second-order valence-corrected chi connectivity index (χ2v) is 5.34. The van der Waals surface area contributed by atoms with Crippen LogP contribution in [0.2, 0.25) is 0 Å². The lowest BCUT2D eigenvalue weighted by atomic mass is 10.0. The second-order valence-electron chi connectivity index (χ2n) is 4.40. The molecule has 0 spiro atoms. The molecule has 100 valence electrons. The third-order valence-corrected chi connectivity index (χ3v) is 3.98. The van der Waals surface area contributed by atoms with Crippen LogP contribution in [0.25, 0.3) is 10.8 Å². The van der Waals surface area contributed by atoms with Crippen molar-refractivity contribution in [2.45, 2.75) is 6.42 Å². The van der Waals surface area contributed by atoms with Crippen LogP contribution < -0.4 is 5.73 Å². The molecule has 0 atom stereocenters. The first-order chi connectivity index (χ1) is 9.79. The molecule has 0 saturated heterocycles. The van der Waals surface area contributed by atoms with Gasteiger partial charge in [-0.25, -0.2) is 4.98 Å². The number of rotatable bonds is 4. The Balaban J connectivity index is 2.03. The normalized spacial score (nSPS) is 10.8. The molecule has 0 aliphatic heterocycles. The molecule has 0 fully saturated rings. The van der Waals surface area contributed by atoms with E-state index in [0.717, 1.165) is 15.8 Å². The molecule has 0 aliphatic rings. The third-order valence-electron chi connectivity index (χ3n) is 3.07. The average molecular weight is 283 g/mol. The first-order valence-electron chi connectivity index (χ1n) is 6.31. The van der Waals surface area contributed by atoms with Crippen molar-refractivity contribution in [1.29, 1.82) is 0 Å². The molecule has 4 nitrogen and oxygen atoms in total. The van der Waals surface area contributed by atoms with E-state index in [1.807, 2.05) is 24.3 Å². The summed E-state index contributed by atoms with van der Waals surface area (Å²) in [5.74, 6) is -0.0543. The minimum atomic E-state index is -0.0543. The fourth-order valence-corrected chi connectivity index (χ4v) is 2.91. The largest absolute Gasteiger partial charge is 0.330 e. The van der Waals surface area contributed by atoms with Crippen molar-refractivity contribution in [3.05, 3.63) is 58.3 Å². The van der Waals surface area contributed by atoms with E-state index in [0.29, 0.717) is 24.2 Å². The van der Waals surface area contributed by atoms with Crippen molar-refractivity contribution in [2.75, 3.05) is 6.54 Å². The van der Waals surface area contributed by atoms with E-state index in [2.05, 4.69) is 9.97 Å². The van der Waals surface area contributed by atoms with Crippen molar-refractivity contribution in [1.82, 2.24) is 9.97 Å². The van der Waals surface area contributed by atoms with Gasteiger partial charge in [0.15, 0.2) is 0 Å². The number of fused-ring (bicyclic) bond motifs is 1. The van der Waals surface area contributed by atoms with Gasteiger partial charge < -0.3 is 5.73 Å². The smallest absolute Gasteiger partial charge is 0.212 e. The molecule has 2 N–H and O–H groups in total. The number of nitrogens with two attached hydrogens (primary N) is 1. The number of carbonyl (C=O) groups is 1. The minimum Gasteiger partial charge on any atom is -0.330 e. The lowest BCUT2D eigenvalue weighted by Crippen LogP contribution is -2.05. The van der Waals surface area contributed by atoms with Crippen LogP contribution >= 0.6 is 11.3 Å². The SMILES string of the molecule is NCCc1nc(C(=O)c2cccc3cnccc23)cs1. The number of pyridine rings is 1. The highest BCUT2D eigenvalue weighted by molar-refractivity contribution is 7.09. The molecule has 5 heteroatoms. The van der Waals surface area contributed by atoms with E-state index in [-0.39, 0.29) is 5.78 Å². The maximum Gasteiger partial charge on any atom is 0.212 e. The molecule has 2 aromatic heterocycles. The quantitative estimate of drug-likeness (QED) is 0.747. The van der Waals surface area contributed by atoms with E-state index < -0.39 is 0 Å². The topological polar surface area (TPSA) is 68.9 Å². The predicted molar refractivity (Wildman–Crippen MR) is 80.0 cm³/mol. The summed E-state index contributed by atoms with van der Waals surface area (Å²) in [4.78, 5) is 21.0. The summed E-state index contributed by atoms with van der Waals surface area (Å²) in [5, 5.41) is 4.56. The molecule has 2 heterocycles. The Morgan fingerprint density at radius 3 is 3.05 bits per heavy atom. The van der Waals surface area contributed by atoms with Crippen LogP contribution in [0.5, 0.6) is 0 Å². The van der Waals surface area contributed by atoms with Crippen molar-refractivity contribution in [3.8, 4) is 0 Å². The van der Waals surface area contributed by atoms with E-state index in [1.54, 1.807) is 17.8 Å². The number of thiazole rings is 1. The Morgan fingerprint density at radius 1 is 1.30 bits per heavy atom. The highest BCUT2D eigenvalue weighted by Crippen LogP contribution is 2.21. The summed E-state index contributed by atoms with van der Waals surface area (Å²) >= 11 is 1.48. The molecular weight excluding hydrogens is 270 g/mol. The summed E-state index contributed by atoms with van der Waals surface area (Å²) in [6.07, 6.45) is 4.16. The molecule has 0 bridgehead atoms. The Morgan fingerprint density at radius 2 is 2.20 bits per heavy atom. The molecule has 0 saturated carbocycles. The first kappa shape index (κ1) is 12.9. The Hall–Kier alpha value is -2.11. The van der Waals surface area contributed by atoms with Crippen molar-refractivity contribution < 1.29 is 4.79 Å². The second kappa shape index (κ2) is 5.48. The fourth-order valence-electron chi connectivity index (χ4n) is 2.11. The molecule has 0 unspecified atom stereocenters. The number of benzene rings is 1. The van der Waals surface area contributed by atoms with Gasteiger partial charge in [-0.1, -0.05) is 18.2 Å². The van der Waals surface area contributed by atoms with Crippen molar-refractivity contribution >= 4 is 27.9 Å². The molecular formula is C15H13N3OS. The summed E-state index contributed by atoms with van der Waals surface area (Å²) < 4.78 is 0. The minimum absolute atomic E-state index is 0.0543. The van der Waals surface area contributed by atoms with Crippen LogP contribution in [0.3, 0.4) is 0 Å². The van der Waals surface area contributed by atoms with Gasteiger partial charge in [-0.05, 0) is 18.0 Å². The summed E-state index contributed by atoms with van der Waals surface area (Å²) in [5.41, 5.74) is 6.66. The van der Waals surface area contributed by atoms with Crippen LogP contribution in [0, 0.1) is 0 Å². The number of ketones is 1. The molecule has 0 amide bonds. The number of aromatic nitrogens is 2. The first-order valence-corrected chi connectivity index (χ1v) is 7.19. The predicted octanol–water partition coefficient (Wildman–Crippen LogP) is 2.42. The lowest BCUT2D eigenvalue weighted by Gasteiger charge is -2.03. The molecule has 0 aliphatic carbocycles. The molecule has 1 aromatic carbocycles. The van der Waals surface area contributed by atoms with E-state index in [9.17, 15) is 4.79 Å². The number of nitrogens with zero attached hydrogens (tertiary/aromatic N) is 2. The zero-order valence-corrected chi connectivity index (χ0v) is 11.6. The monoisotopic (exact) mass is 283 g/mol. The Kier molecular flexibility index (Phi) is 3.54. The van der Waals surface area contributed by atoms with Gasteiger partial charge in [0, 0.05) is 35.1 Å². The van der Waals surface area contributed by atoms with Crippen LogP contribution in [0.4, 0.5) is 0 Å². The van der Waals surface area contributed by atoms with E-state index in [4.69, 9.17) is 5.73 Å². The van der Waals surface area contributed by atoms with Crippen molar-refractivity contribution in [3.63, 3.8) is 0 Å². The van der Waals surface area contributed by atoms with Crippen LogP contribution in [-0.2, 0) is 6.42 Å². The fraction of sp³-hybridized carbons (Fsp3) is 0.133. The molecule has 3 rings (SSSR count). The zero-order valence-electron chi connectivity index (χ0n) is 10.7. The molecule has 3 aromatic rings. The zero-order chi connectivity index (χ0) is 13.9. The van der Waals surface area contributed by atoms with Gasteiger partial charge in [0.25, 0.3) is 0 Å². The number of carbonyl (C=O) groups excluding carboxylic acids is 1. The Labute approximate surface area is 120 Å². The van der Waals surface area contributed by atoms with Crippen LogP contribution in [0.15, 0.2) is 42.0 Å². The third kappa shape index (κ3) is 2.33. The Bertz CT molecular complexity index is 761. The summed E-state index contributed by atoms with van der Waals surface area (Å²) in [6.45, 7) is 0.543. The van der Waals surface area contributed by atoms with Gasteiger partial charge in [0.1, 0.15) is 5.69 Å². The standard InChI is InChI=1S/C15H13N3OS/c16-6-4-14-18-13(9-20-14)15(19)12-3-1-2-10-8-17-7-5-11(10)12/h1-3,5,7-9H,4,6,16H2. The van der Waals surface area contributed by atoms with E-state index >= 15 is 0 Å². The summed E-state index contributed by atoms with van der Waals surface area (Å²) in [6, 6.07) is 7.49. The number of hydrogen-bond acceptors (Lipinski definition) is 5. The number of hydrogen-bond donors (Lipinski definition) is 1. The van der Waals surface area contributed by atoms with Gasteiger partial charge >= 0.3 is 0 Å². The van der Waals surface area contributed by atoms with Gasteiger partial charge in [-0.3, -0.25) is 9.78 Å². The highest BCUT2D eigenvalue weighted by Gasteiger charge is 2.15. The van der Waals surface area contributed by atoms with E-state index in [1.165, 1.54) is 11.3 Å². The van der Waals surface area contributed by atoms with Crippen molar-refractivity contribution in [2.24, 2.45) is 5.73 Å². The maximum atomic E-state index is 12.6. The van der Waals surface area contributed by atoms with Gasteiger partial charge in [-0.2, -0.15) is 0 Å². The molecule has 0 radical (unpaired) electrons. The van der Waals surface area contributed by atoms with Gasteiger partial charge in [-0.15, -0.1) is 11.3 Å². The maximum absolute atomic E-state index is 12.6. The average Bonchev–Trinajstić information content (AvgIpc) is 2.95. The van der Waals surface area contributed by atoms with Crippen LogP contribution in [0.1, 0.15) is 21.1 Å². The van der Waals surface area contributed by atoms with Gasteiger partial charge in [0.05, 0.1) is 5.01 Å². The van der Waals surface area contributed by atoms with Gasteiger partial charge in [0.2, 0.25) is 5.78 Å². The highest BCUT2D eigenvalue weighted by atomic mass is 32.1.